The Bertz CT molecular complexity index is 1400. The molecule has 9 nitrogen and oxygen atoms in total. The minimum Gasteiger partial charge on any atom is -0.462 e. The lowest BCUT2D eigenvalue weighted by atomic mass is 9.63. The van der Waals surface area contributed by atoms with Crippen molar-refractivity contribution in [1.29, 1.82) is 0 Å². The average Bonchev–Trinajstić information content (AvgIpc) is 3.43. The normalized spacial score (nSPS) is 25.3. The van der Waals surface area contributed by atoms with Crippen molar-refractivity contribution in [3.63, 3.8) is 0 Å². The second-order valence-electron chi connectivity index (χ2n) is 13.8. The number of rotatable bonds is 9. The average molecular weight is 621 g/mol. The standard InChI is InChI=1S/C35H49FN6O3/c1-39(2)16-7-11-32(43)42-19-18-41(22-27(42)23-44-4)33-29-13-15-35(14-12-28-25(20-35)8-5-10-30(28)36)21-31(29)37-34(38-33)45-24-26-9-6-17-40(26)3/h5,7-8,10-11,26-27H,6,9,12-24H2,1-4H3/b11-7+/t26-,27+,35-/m0/s1. The first-order chi connectivity index (χ1) is 21.7. The van der Waals surface area contributed by atoms with Crippen LogP contribution in [-0.2, 0) is 35.2 Å². The summed E-state index contributed by atoms with van der Waals surface area (Å²) < 4.78 is 26.6. The third kappa shape index (κ3) is 7.03. The number of fused-ring (bicyclic) bond motifs is 2. The topological polar surface area (TPSA) is 74.3 Å². The number of nitrogens with zero attached hydrogens (tertiary/aromatic N) is 6. The van der Waals surface area contributed by atoms with E-state index >= 15 is 0 Å². The lowest BCUT2D eigenvalue weighted by molar-refractivity contribution is -0.129. The van der Waals surface area contributed by atoms with Crippen LogP contribution in [-0.4, -0.2) is 117 Å². The summed E-state index contributed by atoms with van der Waals surface area (Å²) in [6.07, 6.45) is 11.2. The first-order valence-electron chi connectivity index (χ1n) is 16.6. The largest absolute Gasteiger partial charge is 0.462 e. The number of piperazine rings is 1. The summed E-state index contributed by atoms with van der Waals surface area (Å²) in [6.45, 7) is 4.73. The van der Waals surface area contributed by atoms with E-state index in [-0.39, 0.29) is 23.2 Å². The molecule has 0 radical (unpaired) electrons. The molecule has 4 aliphatic rings. The predicted molar refractivity (Wildman–Crippen MR) is 173 cm³/mol. The van der Waals surface area contributed by atoms with Gasteiger partial charge in [0.1, 0.15) is 18.2 Å². The van der Waals surface area contributed by atoms with Gasteiger partial charge in [-0.3, -0.25) is 4.79 Å². The summed E-state index contributed by atoms with van der Waals surface area (Å²) in [5.41, 5.74) is 4.34. The van der Waals surface area contributed by atoms with Crippen molar-refractivity contribution in [3.05, 3.63) is 58.6 Å². The molecule has 0 bridgehead atoms. The molecule has 6 rings (SSSR count). The van der Waals surface area contributed by atoms with Gasteiger partial charge in [0.05, 0.1) is 18.3 Å². The molecule has 45 heavy (non-hydrogen) atoms. The molecular formula is C35H49FN6O3. The zero-order valence-corrected chi connectivity index (χ0v) is 27.4. The molecule has 3 atom stereocenters. The molecular weight excluding hydrogens is 571 g/mol. The van der Waals surface area contributed by atoms with Gasteiger partial charge in [-0.1, -0.05) is 18.2 Å². The highest BCUT2D eigenvalue weighted by atomic mass is 19.1. The number of hydrogen-bond donors (Lipinski definition) is 0. The summed E-state index contributed by atoms with van der Waals surface area (Å²) in [4.78, 5) is 32.0. The van der Waals surface area contributed by atoms with Gasteiger partial charge in [-0.05, 0) is 102 Å². The third-order valence-electron chi connectivity index (χ3n) is 10.4. The van der Waals surface area contributed by atoms with E-state index in [9.17, 15) is 9.18 Å². The van der Waals surface area contributed by atoms with Gasteiger partial charge in [-0.25, -0.2) is 4.39 Å². The summed E-state index contributed by atoms with van der Waals surface area (Å²) in [7, 11) is 7.82. The first-order valence-corrected chi connectivity index (χ1v) is 16.6. The fourth-order valence-corrected chi connectivity index (χ4v) is 7.85. The maximum absolute atomic E-state index is 14.6. The molecule has 1 amide bonds. The molecule has 1 aromatic carbocycles. The van der Waals surface area contributed by atoms with E-state index in [1.165, 1.54) is 12.0 Å². The number of carbonyl (C=O) groups excluding carboxylic acids is 1. The molecule has 0 unspecified atom stereocenters. The Morgan fingerprint density at radius 2 is 1.91 bits per heavy atom. The van der Waals surface area contributed by atoms with Gasteiger partial charge < -0.3 is 29.1 Å². The van der Waals surface area contributed by atoms with Gasteiger partial charge in [0, 0.05) is 51.0 Å². The van der Waals surface area contributed by atoms with Crippen molar-refractivity contribution in [3.8, 4) is 6.01 Å². The monoisotopic (exact) mass is 620 g/mol. The number of methoxy groups -OCH3 is 1. The van der Waals surface area contributed by atoms with Crippen molar-refractivity contribution < 1.29 is 18.7 Å². The van der Waals surface area contributed by atoms with Gasteiger partial charge >= 0.3 is 6.01 Å². The number of likely N-dealkylation sites (tertiary alicyclic amines) is 1. The van der Waals surface area contributed by atoms with Crippen LogP contribution in [0.2, 0.25) is 0 Å². The van der Waals surface area contributed by atoms with Crippen molar-refractivity contribution >= 4 is 11.7 Å². The molecule has 10 heteroatoms. The van der Waals surface area contributed by atoms with E-state index < -0.39 is 0 Å². The van der Waals surface area contributed by atoms with Gasteiger partial charge in [0.15, 0.2) is 0 Å². The van der Waals surface area contributed by atoms with Crippen LogP contribution in [0.1, 0.15) is 48.1 Å². The van der Waals surface area contributed by atoms with Crippen molar-refractivity contribution in [2.45, 2.75) is 63.5 Å². The highest BCUT2D eigenvalue weighted by Crippen LogP contribution is 2.47. The molecule has 0 N–H and O–H groups in total. The Morgan fingerprint density at radius 1 is 1.09 bits per heavy atom. The molecule has 1 spiro atoms. The summed E-state index contributed by atoms with van der Waals surface area (Å²) in [6, 6.07) is 6.24. The SMILES string of the molecule is COC[C@H]1CN(c2nc(OC[C@@H]3CCCN3C)nc3c2CC[C@]2(CCc4c(F)cccc4C2)C3)CCN1C(=O)/C=C/CN(C)C. The maximum atomic E-state index is 14.6. The van der Waals surface area contributed by atoms with E-state index in [1.807, 2.05) is 36.0 Å². The molecule has 3 heterocycles. The zero-order valence-electron chi connectivity index (χ0n) is 27.4. The number of hydrogen-bond acceptors (Lipinski definition) is 8. The van der Waals surface area contributed by atoms with Gasteiger partial charge in [0.2, 0.25) is 5.91 Å². The molecule has 1 aromatic heterocycles. The van der Waals surface area contributed by atoms with Gasteiger partial charge in [-0.15, -0.1) is 0 Å². The Kier molecular flexibility index (Phi) is 9.73. The number of benzene rings is 1. The van der Waals surface area contributed by atoms with Gasteiger partial charge in [-0.2, -0.15) is 9.97 Å². The number of ether oxygens (including phenoxy) is 2. The zero-order chi connectivity index (χ0) is 31.6. The number of halogens is 1. The highest BCUT2D eigenvalue weighted by Gasteiger charge is 2.41. The Balaban J connectivity index is 1.27. The van der Waals surface area contributed by atoms with Crippen LogP contribution in [0.3, 0.4) is 0 Å². The van der Waals surface area contributed by atoms with E-state index in [4.69, 9.17) is 19.4 Å². The lowest BCUT2D eigenvalue weighted by Gasteiger charge is -2.44. The number of carbonyl (C=O) groups is 1. The molecule has 2 aromatic rings. The number of amides is 1. The fourth-order valence-electron chi connectivity index (χ4n) is 7.85. The molecule has 2 saturated heterocycles. The van der Waals surface area contributed by atoms with E-state index in [2.05, 4.69) is 22.9 Å². The van der Waals surface area contributed by atoms with Crippen molar-refractivity contribution in [2.75, 3.05) is 79.1 Å². The van der Waals surface area contributed by atoms with Crippen LogP contribution < -0.4 is 9.64 Å². The highest BCUT2D eigenvalue weighted by molar-refractivity contribution is 5.88. The number of anilines is 1. The minimum absolute atomic E-state index is 0.0175. The second kappa shape index (κ2) is 13.7. The first kappa shape index (κ1) is 31.9. The third-order valence-corrected chi connectivity index (χ3v) is 10.4. The van der Waals surface area contributed by atoms with E-state index in [0.29, 0.717) is 44.9 Å². The van der Waals surface area contributed by atoms with Crippen molar-refractivity contribution in [1.82, 2.24) is 24.7 Å². The minimum atomic E-state index is -0.0953. The van der Waals surface area contributed by atoms with E-state index in [1.54, 1.807) is 19.3 Å². The molecule has 2 aliphatic heterocycles. The molecule has 0 saturated carbocycles. The molecule has 2 fully saturated rings. The number of likely N-dealkylation sites (N-methyl/N-ethyl adjacent to an activating group) is 2. The smallest absolute Gasteiger partial charge is 0.318 e. The van der Waals surface area contributed by atoms with Crippen LogP contribution in [0, 0.1) is 11.2 Å². The Morgan fingerprint density at radius 3 is 2.67 bits per heavy atom. The maximum Gasteiger partial charge on any atom is 0.318 e. The summed E-state index contributed by atoms with van der Waals surface area (Å²) >= 11 is 0. The fraction of sp³-hybridized carbons (Fsp3) is 0.629. The van der Waals surface area contributed by atoms with Gasteiger partial charge in [0.25, 0.3) is 0 Å². The number of aromatic nitrogens is 2. The molecule has 244 valence electrons. The summed E-state index contributed by atoms with van der Waals surface area (Å²) in [5, 5.41) is 0. The lowest BCUT2D eigenvalue weighted by Crippen LogP contribution is -2.57. The van der Waals surface area contributed by atoms with Crippen LogP contribution >= 0.6 is 0 Å². The second-order valence-corrected chi connectivity index (χ2v) is 13.8. The van der Waals surface area contributed by atoms with Crippen LogP contribution in [0.4, 0.5) is 10.2 Å². The Hall–Kier alpha value is -3.08. The summed E-state index contributed by atoms with van der Waals surface area (Å²) in [5.74, 6) is 0.874. The molecule has 2 aliphatic carbocycles. The predicted octanol–water partition coefficient (Wildman–Crippen LogP) is 3.53. The Labute approximate surface area is 267 Å². The van der Waals surface area contributed by atoms with E-state index in [0.717, 1.165) is 80.7 Å². The quantitative estimate of drug-likeness (QED) is 0.395. The van der Waals surface area contributed by atoms with Crippen LogP contribution in [0.25, 0.3) is 0 Å². The van der Waals surface area contributed by atoms with Crippen molar-refractivity contribution in [2.24, 2.45) is 5.41 Å². The van der Waals surface area contributed by atoms with Crippen LogP contribution in [0.5, 0.6) is 6.01 Å². The van der Waals surface area contributed by atoms with Crippen LogP contribution in [0.15, 0.2) is 30.4 Å².